The van der Waals surface area contributed by atoms with Gasteiger partial charge in [-0.25, -0.2) is 0 Å². The van der Waals surface area contributed by atoms with Crippen LogP contribution >= 0.6 is 0 Å². The molecule has 0 aliphatic carbocycles. The fourth-order valence-electron chi connectivity index (χ4n) is 2.66. The topological polar surface area (TPSA) is 46.3 Å². The van der Waals surface area contributed by atoms with Crippen LogP contribution < -0.4 is 5.73 Å². The molecule has 0 aromatic heterocycles. The van der Waals surface area contributed by atoms with E-state index in [-0.39, 0.29) is 11.3 Å². The molecule has 1 amide bonds. The van der Waals surface area contributed by atoms with Gasteiger partial charge >= 0.3 is 0 Å². The van der Waals surface area contributed by atoms with E-state index >= 15 is 0 Å². The minimum atomic E-state index is 0.177. The van der Waals surface area contributed by atoms with Gasteiger partial charge in [0.2, 0.25) is 0 Å². The Bertz CT molecular complexity index is 448. The first kappa shape index (κ1) is 14.1. The average molecular weight is 260 g/mol. The highest BCUT2D eigenvalue weighted by Gasteiger charge is 2.31. The third kappa shape index (κ3) is 2.98. The third-order valence-electron chi connectivity index (χ3n) is 4.38. The minimum Gasteiger partial charge on any atom is -0.339 e. The summed E-state index contributed by atoms with van der Waals surface area (Å²) in [5.74, 6) is 0.177. The molecule has 19 heavy (non-hydrogen) atoms. The van der Waals surface area contributed by atoms with Crippen molar-refractivity contribution >= 4 is 5.91 Å². The molecule has 0 atom stereocenters. The second-order valence-corrected chi connectivity index (χ2v) is 5.82. The number of hydrogen-bond acceptors (Lipinski definition) is 2. The van der Waals surface area contributed by atoms with Crippen LogP contribution in [0.15, 0.2) is 24.3 Å². The lowest BCUT2D eigenvalue weighted by molar-refractivity contribution is 0.0616. The van der Waals surface area contributed by atoms with Crippen molar-refractivity contribution in [2.45, 2.75) is 33.1 Å². The van der Waals surface area contributed by atoms with Gasteiger partial charge in [-0.05, 0) is 42.9 Å². The number of aryl methyl sites for hydroxylation is 1. The van der Waals surface area contributed by atoms with Crippen LogP contribution in [0.1, 0.15) is 42.6 Å². The number of nitrogens with zero attached hydrogens (tertiary/aromatic N) is 1. The van der Waals surface area contributed by atoms with Crippen LogP contribution in [0.25, 0.3) is 0 Å². The van der Waals surface area contributed by atoms with E-state index in [4.69, 9.17) is 5.73 Å². The molecule has 2 rings (SSSR count). The number of rotatable bonds is 3. The maximum atomic E-state index is 12.6. The Morgan fingerprint density at radius 2 is 1.95 bits per heavy atom. The number of benzene rings is 1. The number of nitrogens with two attached hydrogens (primary N) is 1. The van der Waals surface area contributed by atoms with Crippen molar-refractivity contribution in [1.29, 1.82) is 0 Å². The summed E-state index contributed by atoms with van der Waals surface area (Å²) in [5.41, 5.74) is 8.02. The van der Waals surface area contributed by atoms with E-state index in [1.807, 2.05) is 29.2 Å². The third-order valence-corrected chi connectivity index (χ3v) is 4.38. The highest BCUT2D eigenvalue weighted by atomic mass is 16.2. The Kier molecular flexibility index (Phi) is 4.25. The standard InChI is InChI=1S/C16H24N2O/c1-3-13-6-4-5-7-14(13)15(19)18-10-8-16(2,12-17)9-11-18/h4-7H,3,8-12,17H2,1-2H3. The molecule has 0 bridgehead atoms. The zero-order valence-corrected chi connectivity index (χ0v) is 12.0. The molecule has 104 valence electrons. The van der Waals surface area contributed by atoms with Gasteiger partial charge in [-0.2, -0.15) is 0 Å². The van der Waals surface area contributed by atoms with Gasteiger partial charge in [-0.15, -0.1) is 0 Å². The van der Waals surface area contributed by atoms with Crippen molar-refractivity contribution in [1.82, 2.24) is 4.90 Å². The number of hydrogen-bond donors (Lipinski definition) is 1. The largest absolute Gasteiger partial charge is 0.339 e. The monoisotopic (exact) mass is 260 g/mol. The number of carbonyl (C=O) groups excluding carboxylic acids is 1. The van der Waals surface area contributed by atoms with Gasteiger partial charge < -0.3 is 10.6 Å². The van der Waals surface area contributed by atoms with E-state index in [2.05, 4.69) is 13.8 Å². The van der Waals surface area contributed by atoms with Gasteiger partial charge in [0.1, 0.15) is 0 Å². The van der Waals surface area contributed by atoms with E-state index in [0.717, 1.165) is 43.5 Å². The lowest BCUT2D eigenvalue weighted by Crippen LogP contribution is -2.44. The Hall–Kier alpha value is -1.35. The molecule has 1 heterocycles. The average Bonchev–Trinajstić information content (AvgIpc) is 2.47. The number of likely N-dealkylation sites (tertiary alicyclic amines) is 1. The molecule has 1 aliphatic rings. The van der Waals surface area contributed by atoms with Crippen LogP contribution in [-0.4, -0.2) is 30.4 Å². The summed E-state index contributed by atoms with van der Waals surface area (Å²) in [6, 6.07) is 7.93. The van der Waals surface area contributed by atoms with Crippen molar-refractivity contribution in [3.8, 4) is 0 Å². The van der Waals surface area contributed by atoms with Gasteiger partial charge in [-0.3, -0.25) is 4.79 Å². The molecule has 0 radical (unpaired) electrons. The van der Waals surface area contributed by atoms with E-state index in [1.54, 1.807) is 0 Å². The first-order valence-corrected chi connectivity index (χ1v) is 7.17. The molecule has 1 saturated heterocycles. The zero-order chi connectivity index (χ0) is 13.9. The van der Waals surface area contributed by atoms with Crippen LogP contribution in [0.2, 0.25) is 0 Å². The van der Waals surface area contributed by atoms with E-state index < -0.39 is 0 Å². The maximum absolute atomic E-state index is 12.6. The second-order valence-electron chi connectivity index (χ2n) is 5.82. The van der Waals surface area contributed by atoms with Crippen LogP contribution in [0.5, 0.6) is 0 Å². The molecule has 0 saturated carbocycles. The Morgan fingerprint density at radius 1 is 1.32 bits per heavy atom. The quantitative estimate of drug-likeness (QED) is 0.907. The Balaban J connectivity index is 2.09. The van der Waals surface area contributed by atoms with Gasteiger partial charge in [0.05, 0.1) is 0 Å². The zero-order valence-electron chi connectivity index (χ0n) is 12.0. The molecule has 3 nitrogen and oxygen atoms in total. The van der Waals surface area contributed by atoms with Crippen molar-refractivity contribution in [3.05, 3.63) is 35.4 Å². The summed E-state index contributed by atoms with van der Waals surface area (Å²) in [4.78, 5) is 14.6. The fourth-order valence-corrected chi connectivity index (χ4v) is 2.66. The van der Waals surface area contributed by atoms with Gasteiger partial charge in [0, 0.05) is 18.7 Å². The lowest BCUT2D eigenvalue weighted by atomic mass is 9.80. The molecule has 3 heteroatoms. The molecule has 1 aromatic carbocycles. The lowest BCUT2D eigenvalue weighted by Gasteiger charge is -2.38. The predicted molar refractivity (Wildman–Crippen MR) is 78.1 cm³/mol. The van der Waals surface area contributed by atoms with Crippen LogP contribution in [0.3, 0.4) is 0 Å². The summed E-state index contributed by atoms with van der Waals surface area (Å²) in [6.45, 7) is 6.67. The van der Waals surface area contributed by atoms with Gasteiger partial charge in [-0.1, -0.05) is 32.0 Å². The number of amides is 1. The summed E-state index contributed by atoms with van der Waals surface area (Å²) in [5, 5.41) is 0. The van der Waals surface area contributed by atoms with Crippen molar-refractivity contribution < 1.29 is 4.79 Å². The van der Waals surface area contributed by atoms with Crippen LogP contribution in [0, 0.1) is 5.41 Å². The predicted octanol–water partition coefficient (Wildman–Crippen LogP) is 2.45. The summed E-state index contributed by atoms with van der Waals surface area (Å²) >= 11 is 0. The molecule has 0 spiro atoms. The highest BCUT2D eigenvalue weighted by Crippen LogP contribution is 2.30. The van der Waals surface area contributed by atoms with Crippen LogP contribution in [-0.2, 0) is 6.42 Å². The molecule has 0 unspecified atom stereocenters. The summed E-state index contributed by atoms with van der Waals surface area (Å²) in [7, 11) is 0. The molecule has 1 aromatic rings. The number of piperidine rings is 1. The highest BCUT2D eigenvalue weighted by molar-refractivity contribution is 5.95. The Labute approximate surface area is 115 Å². The SMILES string of the molecule is CCc1ccccc1C(=O)N1CCC(C)(CN)CC1. The van der Waals surface area contributed by atoms with E-state index in [9.17, 15) is 4.79 Å². The second kappa shape index (κ2) is 5.74. The van der Waals surface area contributed by atoms with Crippen LogP contribution in [0.4, 0.5) is 0 Å². The Morgan fingerprint density at radius 3 is 2.53 bits per heavy atom. The minimum absolute atomic E-state index is 0.177. The summed E-state index contributed by atoms with van der Waals surface area (Å²) < 4.78 is 0. The smallest absolute Gasteiger partial charge is 0.254 e. The normalized spacial score (nSPS) is 18.4. The van der Waals surface area contributed by atoms with Crippen molar-refractivity contribution in [2.75, 3.05) is 19.6 Å². The van der Waals surface area contributed by atoms with E-state index in [1.165, 1.54) is 0 Å². The summed E-state index contributed by atoms with van der Waals surface area (Å²) in [6.07, 6.45) is 2.91. The molecule has 2 N–H and O–H groups in total. The van der Waals surface area contributed by atoms with Gasteiger partial charge in [0.25, 0.3) is 5.91 Å². The molecular formula is C16H24N2O. The van der Waals surface area contributed by atoms with Gasteiger partial charge in [0.15, 0.2) is 0 Å². The first-order chi connectivity index (χ1) is 9.09. The fraction of sp³-hybridized carbons (Fsp3) is 0.562. The first-order valence-electron chi connectivity index (χ1n) is 7.17. The molecule has 1 aliphatic heterocycles. The molecular weight excluding hydrogens is 236 g/mol. The molecule has 1 fully saturated rings. The maximum Gasteiger partial charge on any atom is 0.254 e. The number of carbonyl (C=O) groups is 1. The van der Waals surface area contributed by atoms with E-state index in [0.29, 0.717) is 6.54 Å². The van der Waals surface area contributed by atoms with Crippen molar-refractivity contribution in [2.24, 2.45) is 11.1 Å². The van der Waals surface area contributed by atoms with Crippen molar-refractivity contribution in [3.63, 3.8) is 0 Å².